The van der Waals surface area contributed by atoms with E-state index >= 15 is 0 Å². The summed E-state index contributed by atoms with van der Waals surface area (Å²) in [5.41, 5.74) is 3.60. The Bertz CT molecular complexity index is 1060. The van der Waals surface area contributed by atoms with Gasteiger partial charge in [0.15, 0.2) is 0 Å². The average Bonchev–Trinajstić information content (AvgIpc) is 2.82. The first kappa shape index (κ1) is 26.5. The Morgan fingerprint density at radius 3 is 2.49 bits per heavy atom. The Morgan fingerprint density at radius 2 is 1.83 bits per heavy atom. The lowest BCUT2D eigenvalue weighted by molar-refractivity contribution is 0.00842. The summed E-state index contributed by atoms with van der Waals surface area (Å²) < 4.78 is 16.4. The molecule has 1 aromatic carbocycles. The molecule has 0 saturated heterocycles. The molecule has 2 unspecified atom stereocenters. The van der Waals surface area contributed by atoms with Crippen LogP contribution in [0.3, 0.4) is 0 Å². The van der Waals surface area contributed by atoms with Gasteiger partial charge in [0.05, 0.1) is 32.0 Å². The maximum absolute atomic E-state index is 13.4. The van der Waals surface area contributed by atoms with E-state index in [1.165, 1.54) is 7.11 Å². The summed E-state index contributed by atoms with van der Waals surface area (Å²) in [6, 6.07) is 7.55. The second-order valence-electron chi connectivity index (χ2n) is 10.3. The van der Waals surface area contributed by atoms with Crippen LogP contribution in [0.5, 0.6) is 5.75 Å². The van der Waals surface area contributed by atoms with E-state index in [2.05, 4.69) is 4.98 Å². The number of aryl methyl sites for hydroxylation is 1. The number of esters is 1. The number of amides is 1. The summed E-state index contributed by atoms with van der Waals surface area (Å²) in [5, 5.41) is 0. The summed E-state index contributed by atoms with van der Waals surface area (Å²) in [7, 11) is 3.05. The van der Waals surface area contributed by atoms with Gasteiger partial charge in [-0.15, -0.1) is 0 Å². The van der Waals surface area contributed by atoms with Crippen LogP contribution in [0.1, 0.15) is 85.1 Å². The minimum Gasteiger partial charge on any atom is -0.496 e. The smallest absolute Gasteiger partial charge is 0.410 e. The molecule has 7 nitrogen and oxygen atoms in total. The molecule has 35 heavy (non-hydrogen) atoms. The zero-order chi connectivity index (χ0) is 25.8. The van der Waals surface area contributed by atoms with E-state index in [0.29, 0.717) is 12.1 Å². The number of pyridine rings is 1. The molecule has 0 spiro atoms. The standard InChI is InChI=1S/C28H38N2O5/c1-18-16-29-24(19(2)25(18)33-6)17-30(27(32)35-28(3,4)5)21-12-10-11-20(15-21)22-13-8-9-14-23(22)26(31)34-7/h8-9,13-14,16,20-21H,10-12,15,17H2,1-7H3. The molecular formula is C28H38N2O5. The van der Waals surface area contributed by atoms with Crippen molar-refractivity contribution in [1.82, 2.24) is 9.88 Å². The molecule has 7 heteroatoms. The summed E-state index contributed by atoms with van der Waals surface area (Å²) in [6.07, 6.45) is 4.90. The molecule has 1 fully saturated rings. The highest BCUT2D eigenvalue weighted by Crippen LogP contribution is 2.38. The third kappa shape index (κ3) is 6.32. The SMILES string of the molecule is COC(=O)c1ccccc1C1CCCC(N(Cc2ncc(C)c(OC)c2C)C(=O)OC(C)(C)C)C1. The van der Waals surface area contributed by atoms with Gasteiger partial charge >= 0.3 is 12.1 Å². The predicted octanol–water partition coefficient (Wildman–Crippen LogP) is 5.96. The molecule has 0 bridgehead atoms. The summed E-state index contributed by atoms with van der Waals surface area (Å²) in [5.74, 6) is 0.585. The monoisotopic (exact) mass is 482 g/mol. The number of methoxy groups -OCH3 is 2. The normalized spacial score (nSPS) is 18.0. The maximum Gasteiger partial charge on any atom is 0.410 e. The Kier molecular flexibility index (Phi) is 8.41. The van der Waals surface area contributed by atoms with Gasteiger partial charge in [0, 0.05) is 23.4 Å². The molecule has 1 heterocycles. The topological polar surface area (TPSA) is 78.0 Å². The summed E-state index contributed by atoms with van der Waals surface area (Å²) in [4.78, 5) is 32.3. The highest BCUT2D eigenvalue weighted by atomic mass is 16.6. The number of rotatable bonds is 6. The molecule has 2 atom stereocenters. The van der Waals surface area contributed by atoms with Crippen LogP contribution in [-0.2, 0) is 16.0 Å². The largest absolute Gasteiger partial charge is 0.496 e. The number of hydrogen-bond acceptors (Lipinski definition) is 6. The van der Waals surface area contributed by atoms with Crippen molar-refractivity contribution in [2.45, 2.75) is 84.4 Å². The van der Waals surface area contributed by atoms with Crippen LogP contribution in [0.15, 0.2) is 30.5 Å². The van der Waals surface area contributed by atoms with E-state index in [9.17, 15) is 9.59 Å². The van der Waals surface area contributed by atoms with E-state index in [-0.39, 0.29) is 24.0 Å². The second-order valence-corrected chi connectivity index (χ2v) is 10.3. The van der Waals surface area contributed by atoms with Crippen molar-refractivity contribution in [2.75, 3.05) is 14.2 Å². The minimum atomic E-state index is -0.617. The highest BCUT2D eigenvalue weighted by Gasteiger charge is 2.35. The fourth-order valence-electron chi connectivity index (χ4n) is 4.93. The predicted molar refractivity (Wildman–Crippen MR) is 135 cm³/mol. The lowest BCUT2D eigenvalue weighted by Gasteiger charge is -2.38. The fourth-order valence-corrected chi connectivity index (χ4v) is 4.93. The molecule has 0 N–H and O–H groups in total. The van der Waals surface area contributed by atoms with Gasteiger partial charge in [-0.3, -0.25) is 9.88 Å². The first-order valence-electron chi connectivity index (χ1n) is 12.2. The van der Waals surface area contributed by atoms with Crippen LogP contribution in [0.25, 0.3) is 0 Å². The fraction of sp³-hybridized carbons (Fsp3) is 0.536. The third-order valence-electron chi connectivity index (χ3n) is 6.59. The second kappa shape index (κ2) is 11.1. The molecule has 1 amide bonds. The van der Waals surface area contributed by atoms with E-state index in [1.54, 1.807) is 13.3 Å². The number of ether oxygens (including phenoxy) is 3. The van der Waals surface area contributed by atoms with Crippen molar-refractivity contribution >= 4 is 12.1 Å². The number of hydrogen-bond donors (Lipinski definition) is 0. The number of benzene rings is 1. The zero-order valence-corrected chi connectivity index (χ0v) is 22.0. The Balaban J connectivity index is 1.94. The molecule has 1 saturated carbocycles. The van der Waals surface area contributed by atoms with Crippen molar-refractivity contribution in [3.63, 3.8) is 0 Å². The average molecular weight is 483 g/mol. The van der Waals surface area contributed by atoms with E-state index in [4.69, 9.17) is 14.2 Å². The minimum absolute atomic E-state index is 0.0530. The molecule has 3 rings (SSSR count). The molecule has 1 aromatic heterocycles. The van der Waals surface area contributed by atoms with Crippen molar-refractivity contribution < 1.29 is 23.8 Å². The lowest BCUT2D eigenvalue weighted by Crippen LogP contribution is -2.45. The van der Waals surface area contributed by atoms with Gasteiger partial charge in [0.2, 0.25) is 0 Å². The van der Waals surface area contributed by atoms with Gasteiger partial charge in [0.25, 0.3) is 0 Å². The molecule has 1 aliphatic carbocycles. The van der Waals surface area contributed by atoms with E-state index in [1.807, 2.05) is 63.8 Å². The van der Waals surface area contributed by atoms with Crippen LogP contribution in [0, 0.1) is 13.8 Å². The number of carbonyl (C=O) groups excluding carboxylic acids is 2. The highest BCUT2D eigenvalue weighted by molar-refractivity contribution is 5.91. The molecule has 2 aromatic rings. The van der Waals surface area contributed by atoms with Crippen LogP contribution in [-0.4, -0.2) is 47.8 Å². The Hall–Kier alpha value is -3.09. The van der Waals surface area contributed by atoms with Crippen LogP contribution < -0.4 is 4.74 Å². The quantitative estimate of drug-likeness (QED) is 0.473. The summed E-state index contributed by atoms with van der Waals surface area (Å²) >= 11 is 0. The zero-order valence-electron chi connectivity index (χ0n) is 22.0. The van der Waals surface area contributed by atoms with E-state index in [0.717, 1.165) is 53.8 Å². The molecule has 1 aliphatic rings. The van der Waals surface area contributed by atoms with Crippen LogP contribution >= 0.6 is 0 Å². The van der Waals surface area contributed by atoms with Crippen LogP contribution in [0.2, 0.25) is 0 Å². The maximum atomic E-state index is 13.4. The van der Waals surface area contributed by atoms with Gasteiger partial charge in [0.1, 0.15) is 11.4 Å². The first-order chi connectivity index (χ1) is 16.6. The van der Waals surface area contributed by atoms with E-state index < -0.39 is 5.60 Å². The van der Waals surface area contributed by atoms with Crippen molar-refractivity contribution in [3.05, 3.63) is 58.4 Å². The van der Waals surface area contributed by atoms with Crippen molar-refractivity contribution in [1.29, 1.82) is 0 Å². The van der Waals surface area contributed by atoms with Gasteiger partial charge < -0.3 is 14.2 Å². The molecular weight excluding hydrogens is 444 g/mol. The van der Waals surface area contributed by atoms with Gasteiger partial charge in [-0.1, -0.05) is 24.6 Å². The lowest BCUT2D eigenvalue weighted by atomic mass is 9.79. The number of aromatic nitrogens is 1. The van der Waals surface area contributed by atoms with Crippen molar-refractivity contribution in [2.24, 2.45) is 0 Å². The van der Waals surface area contributed by atoms with Crippen LogP contribution in [0.4, 0.5) is 4.79 Å². The van der Waals surface area contributed by atoms with Gasteiger partial charge in [-0.25, -0.2) is 9.59 Å². The molecule has 0 aliphatic heterocycles. The van der Waals surface area contributed by atoms with Gasteiger partial charge in [-0.2, -0.15) is 0 Å². The first-order valence-corrected chi connectivity index (χ1v) is 12.2. The Morgan fingerprint density at radius 1 is 1.11 bits per heavy atom. The van der Waals surface area contributed by atoms with Gasteiger partial charge in [-0.05, 0) is 71.4 Å². The molecule has 190 valence electrons. The Labute approximate surface area is 208 Å². The third-order valence-corrected chi connectivity index (χ3v) is 6.59. The number of carbonyl (C=O) groups is 2. The van der Waals surface area contributed by atoms with Crippen molar-refractivity contribution in [3.8, 4) is 5.75 Å². The number of nitrogens with zero attached hydrogens (tertiary/aromatic N) is 2. The summed E-state index contributed by atoms with van der Waals surface area (Å²) in [6.45, 7) is 9.87. The molecule has 0 radical (unpaired) electrons.